The summed E-state index contributed by atoms with van der Waals surface area (Å²) in [5.41, 5.74) is 2.11. The summed E-state index contributed by atoms with van der Waals surface area (Å²) < 4.78 is 11.1. The summed E-state index contributed by atoms with van der Waals surface area (Å²) in [6.07, 6.45) is 0.354. The Labute approximate surface area is 150 Å². The van der Waals surface area contributed by atoms with E-state index in [0.717, 1.165) is 51.6 Å². The van der Waals surface area contributed by atoms with Gasteiger partial charge in [0.25, 0.3) is 0 Å². The topological polar surface area (TPSA) is 54.0 Å². The zero-order valence-electron chi connectivity index (χ0n) is 15.2. The molecule has 1 aromatic rings. The fourth-order valence-electron chi connectivity index (χ4n) is 3.53. The molecular weight excluding hydrogens is 318 g/mol. The van der Waals surface area contributed by atoms with Gasteiger partial charge in [0, 0.05) is 38.4 Å². The number of morpholine rings is 2. The van der Waals surface area contributed by atoms with Gasteiger partial charge in [0.2, 0.25) is 5.91 Å². The van der Waals surface area contributed by atoms with Crippen LogP contribution in [-0.4, -0.2) is 73.9 Å². The summed E-state index contributed by atoms with van der Waals surface area (Å²) in [5.74, 6) is 0.0298. The predicted octanol–water partition coefficient (Wildman–Crippen LogP) is 1.57. The van der Waals surface area contributed by atoms with Gasteiger partial charge in [-0.2, -0.15) is 0 Å². The second kappa shape index (κ2) is 8.76. The number of rotatable bonds is 5. The van der Waals surface area contributed by atoms with Crippen LogP contribution in [0.15, 0.2) is 24.3 Å². The van der Waals surface area contributed by atoms with Gasteiger partial charge >= 0.3 is 0 Å². The van der Waals surface area contributed by atoms with Crippen molar-refractivity contribution in [2.45, 2.75) is 32.6 Å². The van der Waals surface area contributed by atoms with Crippen LogP contribution in [0.3, 0.4) is 0 Å². The highest BCUT2D eigenvalue weighted by molar-refractivity contribution is 5.92. The number of ether oxygens (including phenoxy) is 2. The Morgan fingerprint density at radius 2 is 1.72 bits per heavy atom. The number of carbonyl (C=O) groups excluding carboxylic acids is 1. The van der Waals surface area contributed by atoms with E-state index >= 15 is 0 Å². The Bertz CT molecular complexity index is 548. The Morgan fingerprint density at radius 3 is 2.36 bits per heavy atom. The molecule has 2 atom stereocenters. The van der Waals surface area contributed by atoms with Gasteiger partial charge in [-0.25, -0.2) is 0 Å². The first-order valence-electron chi connectivity index (χ1n) is 9.15. The van der Waals surface area contributed by atoms with Gasteiger partial charge in [-0.05, 0) is 31.5 Å². The summed E-state index contributed by atoms with van der Waals surface area (Å²) in [7, 11) is 0. The van der Waals surface area contributed by atoms with Crippen molar-refractivity contribution in [3.05, 3.63) is 29.8 Å². The predicted molar refractivity (Wildman–Crippen MR) is 97.6 cm³/mol. The van der Waals surface area contributed by atoms with E-state index in [1.807, 2.05) is 26.0 Å². The van der Waals surface area contributed by atoms with Crippen LogP contribution >= 0.6 is 0 Å². The average molecular weight is 347 g/mol. The van der Waals surface area contributed by atoms with Crippen molar-refractivity contribution < 1.29 is 14.3 Å². The zero-order valence-corrected chi connectivity index (χ0v) is 15.2. The van der Waals surface area contributed by atoms with E-state index in [-0.39, 0.29) is 18.1 Å². The lowest BCUT2D eigenvalue weighted by molar-refractivity contribution is -0.121. The summed E-state index contributed by atoms with van der Waals surface area (Å²) in [5, 5.41) is 2.99. The highest BCUT2D eigenvalue weighted by Gasteiger charge is 2.23. The van der Waals surface area contributed by atoms with E-state index in [1.54, 1.807) is 0 Å². The van der Waals surface area contributed by atoms with E-state index in [2.05, 4.69) is 27.2 Å². The summed E-state index contributed by atoms with van der Waals surface area (Å²) in [6.45, 7) is 10.6. The monoisotopic (exact) mass is 347 g/mol. The van der Waals surface area contributed by atoms with Crippen LogP contribution in [0, 0.1) is 0 Å². The first-order valence-corrected chi connectivity index (χ1v) is 9.15. The second-order valence-electron chi connectivity index (χ2n) is 7.09. The number of benzene rings is 1. The second-order valence-corrected chi connectivity index (χ2v) is 7.09. The third kappa shape index (κ3) is 5.78. The lowest BCUT2D eigenvalue weighted by atomic mass is 10.2. The van der Waals surface area contributed by atoms with Crippen LogP contribution in [0.4, 0.5) is 5.69 Å². The summed E-state index contributed by atoms with van der Waals surface area (Å²) in [6, 6.07) is 8.14. The van der Waals surface area contributed by atoms with Crippen molar-refractivity contribution in [3.63, 3.8) is 0 Å². The molecule has 0 unspecified atom stereocenters. The molecule has 6 nitrogen and oxygen atoms in total. The largest absolute Gasteiger partial charge is 0.379 e. The molecule has 3 rings (SSSR count). The van der Waals surface area contributed by atoms with Gasteiger partial charge in [0.15, 0.2) is 0 Å². The van der Waals surface area contributed by atoms with Crippen LogP contribution in [0.2, 0.25) is 0 Å². The molecule has 0 spiro atoms. The molecule has 25 heavy (non-hydrogen) atoms. The maximum absolute atomic E-state index is 12.3. The van der Waals surface area contributed by atoms with Crippen LogP contribution in [0.25, 0.3) is 0 Å². The smallest absolute Gasteiger partial charge is 0.238 e. The number of nitrogens with zero attached hydrogens (tertiary/aromatic N) is 2. The molecule has 138 valence electrons. The Morgan fingerprint density at radius 1 is 1.08 bits per heavy atom. The van der Waals surface area contributed by atoms with Gasteiger partial charge in [0.05, 0.1) is 32.0 Å². The average Bonchev–Trinajstić information content (AvgIpc) is 2.56. The molecular formula is C19H29N3O3. The van der Waals surface area contributed by atoms with Gasteiger partial charge in [-0.1, -0.05) is 12.1 Å². The first kappa shape index (κ1) is 18.3. The minimum Gasteiger partial charge on any atom is -0.379 e. The molecule has 1 N–H and O–H groups in total. The fourth-order valence-corrected chi connectivity index (χ4v) is 3.53. The molecule has 0 saturated carbocycles. The molecule has 0 aromatic heterocycles. The Balaban J connectivity index is 1.46. The van der Waals surface area contributed by atoms with Gasteiger partial charge in [-0.3, -0.25) is 14.6 Å². The maximum Gasteiger partial charge on any atom is 0.238 e. The number of hydrogen-bond acceptors (Lipinski definition) is 5. The van der Waals surface area contributed by atoms with E-state index in [9.17, 15) is 4.79 Å². The molecule has 0 radical (unpaired) electrons. The minimum absolute atomic E-state index is 0.0298. The number of anilines is 1. The van der Waals surface area contributed by atoms with Crippen molar-refractivity contribution in [2.24, 2.45) is 0 Å². The highest BCUT2D eigenvalue weighted by atomic mass is 16.5. The number of carbonyl (C=O) groups is 1. The van der Waals surface area contributed by atoms with Gasteiger partial charge in [0.1, 0.15) is 0 Å². The van der Waals surface area contributed by atoms with Crippen LogP contribution in [0.5, 0.6) is 0 Å². The third-order valence-electron chi connectivity index (χ3n) is 4.61. The lowest BCUT2D eigenvalue weighted by Crippen LogP contribution is -2.48. The van der Waals surface area contributed by atoms with Crippen molar-refractivity contribution in [3.8, 4) is 0 Å². The number of amides is 1. The van der Waals surface area contributed by atoms with Crippen LogP contribution < -0.4 is 5.32 Å². The molecule has 1 amide bonds. The first-order chi connectivity index (χ1) is 12.1. The number of hydrogen-bond donors (Lipinski definition) is 1. The molecule has 2 aliphatic heterocycles. The molecule has 0 aliphatic carbocycles. The van der Waals surface area contributed by atoms with Crippen molar-refractivity contribution in [2.75, 3.05) is 51.3 Å². The van der Waals surface area contributed by atoms with Crippen molar-refractivity contribution in [1.82, 2.24) is 9.80 Å². The molecule has 1 aromatic carbocycles. The van der Waals surface area contributed by atoms with E-state index < -0.39 is 0 Å². The Hall–Kier alpha value is -1.47. The van der Waals surface area contributed by atoms with Crippen molar-refractivity contribution in [1.29, 1.82) is 0 Å². The number of nitrogens with one attached hydrogen (secondary N) is 1. The standard InChI is InChI=1S/C19H29N3O3/c1-15-11-22(12-16(2)25-15)14-19(23)20-18-5-3-17(4-6-18)13-21-7-9-24-10-8-21/h3-6,15-16H,7-14H2,1-2H3,(H,20,23)/t15-,16+. The van der Waals surface area contributed by atoms with E-state index in [1.165, 1.54) is 5.56 Å². The highest BCUT2D eigenvalue weighted by Crippen LogP contribution is 2.14. The molecule has 6 heteroatoms. The fraction of sp³-hybridized carbons (Fsp3) is 0.632. The molecule has 2 fully saturated rings. The zero-order chi connectivity index (χ0) is 17.6. The minimum atomic E-state index is 0.0298. The van der Waals surface area contributed by atoms with Gasteiger partial charge < -0.3 is 14.8 Å². The summed E-state index contributed by atoms with van der Waals surface area (Å²) >= 11 is 0. The Kier molecular flexibility index (Phi) is 6.42. The van der Waals surface area contributed by atoms with Gasteiger partial charge in [-0.15, -0.1) is 0 Å². The summed E-state index contributed by atoms with van der Waals surface area (Å²) in [4.78, 5) is 16.8. The van der Waals surface area contributed by atoms with Crippen LogP contribution in [0.1, 0.15) is 19.4 Å². The molecule has 2 saturated heterocycles. The van der Waals surface area contributed by atoms with E-state index in [4.69, 9.17) is 9.47 Å². The SMILES string of the molecule is C[C@@H]1CN(CC(=O)Nc2ccc(CN3CCOCC3)cc2)C[C@H](C)O1. The van der Waals surface area contributed by atoms with Crippen LogP contribution in [-0.2, 0) is 20.8 Å². The lowest BCUT2D eigenvalue weighted by Gasteiger charge is -2.34. The normalized spacial score (nSPS) is 25.7. The quantitative estimate of drug-likeness (QED) is 0.876. The van der Waals surface area contributed by atoms with E-state index in [0.29, 0.717) is 6.54 Å². The maximum atomic E-state index is 12.3. The molecule has 2 heterocycles. The molecule has 0 bridgehead atoms. The molecule has 2 aliphatic rings. The van der Waals surface area contributed by atoms with Crippen molar-refractivity contribution >= 4 is 11.6 Å². The third-order valence-corrected chi connectivity index (χ3v) is 4.61.